The van der Waals surface area contributed by atoms with Crippen molar-refractivity contribution in [1.82, 2.24) is 0 Å². The Hall–Kier alpha value is -1.97. The van der Waals surface area contributed by atoms with Crippen LogP contribution in [0.25, 0.3) is 0 Å². The van der Waals surface area contributed by atoms with Crippen molar-refractivity contribution in [2.45, 2.75) is 51.7 Å². The number of nitrogens with zero attached hydrogens (tertiary/aromatic N) is 1. The van der Waals surface area contributed by atoms with Gasteiger partial charge in [-0.05, 0) is 37.7 Å². The minimum atomic E-state index is -1.98. The molecule has 0 aliphatic carbocycles. The van der Waals surface area contributed by atoms with Crippen molar-refractivity contribution in [2.75, 3.05) is 0 Å². The zero-order chi connectivity index (χ0) is 19.0. The Labute approximate surface area is 157 Å². The summed E-state index contributed by atoms with van der Waals surface area (Å²) in [7, 11) is -1.98. The van der Waals surface area contributed by atoms with Gasteiger partial charge in [0.05, 0.1) is 13.2 Å². The molecule has 0 aromatic heterocycles. The van der Waals surface area contributed by atoms with Crippen molar-refractivity contribution in [1.29, 1.82) is 5.26 Å². The predicted molar refractivity (Wildman–Crippen MR) is 105 cm³/mol. The lowest BCUT2D eigenvalue weighted by atomic mass is 10.1. The van der Waals surface area contributed by atoms with Gasteiger partial charge in [0.15, 0.2) is 20.2 Å². The van der Waals surface area contributed by atoms with Crippen LogP contribution in [0.4, 0.5) is 0 Å². The van der Waals surface area contributed by atoms with Gasteiger partial charge in [-0.1, -0.05) is 60.7 Å². The molecule has 0 aliphatic heterocycles. The summed E-state index contributed by atoms with van der Waals surface area (Å²) >= 11 is 0. The molecule has 2 rings (SSSR count). The predicted octanol–water partition coefficient (Wildman–Crippen LogP) is 4.88. The maximum atomic E-state index is 9.80. The van der Waals surface area contributed by atoms with Gasteiger partial charge >= 0.3 is 0 Å². The summed E-state index contributed by atoms with van der Waals surface area (Å²) in [4.78, 5) is 0. The summed E-state index contributed by atoms with van der Waals surface area (Å²) in [6.07, 6.45) is -0.792. The van der Waals surface area contributed by atoms with Crippen molar-refractivity contribution < 1.29 is 13.9 Å². The molecule has 0 saturated heterocycles. The molecule has 4 nitrogen and oxygen atoms in total. The van der Waals surface area contributed by atoms with Crippen LogP contribution in [-0.2, 0) is 27.1 Å². The van der Waals surface area contributed by atoms with Gasteiger partial charge in [0.25, 0.3) is 0 Å². The van der Waals surface area contributed by atoms with E-state index in [1.807, 2.05) is 80.3 Å². The number of benzene rings is 2. The molecule has 138 valence electrons. The first kappa shape index (κ1) is 20.3. The van der Waals surface area contributed by atoms with Crippen LogP contribution in [0.1, 0.15) is 18.1 Å². The second-order valence-electron chi connectivity index (χ2n) is 7.36. The highest BCUT2D eigenvalue weighted by atomic mass is 28.4. The molecule has 0 radical (unpaired) electrons. The van der Waals surface area contributed by atoms with Gasteiger partial charge in [0.1, 0.15) is 6.07 Å². The van der Waals surface area contributed by atoms with Crippen LogP contribution >= 0.6 is 0 Å². The SMILES string of the molecule is CC(C#N)(O[Si](C)(C)C)C(OCc1ccccc1)OCc1ccccc1. The zero-order valence-corrected chi connectivity index (χ0v) is 16.9. The topological polar surface area (TPSA) is 51.5 Å². The second-order valence-corrected chi connectivity index (χ2v) is 11.8. The van der Waals surface area contributed by atoms with Gasteiger partial charge in [-0.3, -0.25) is 0 Å². The highest BCUT2D eigenvalue weighted by molar-refractivity contribution is 6.69. The zero-order valence-electron chi connectivity index (χ0n) is 15.9. The number of hydrogen-bond donors (Lipinski definition) is 0. The largest absolute Gasteiger partial charge is 0.396 e. The highest BCUT2D eigenvalue weighted by Crippen LogP contribution is 2.26. The van der Waals surface area contributed by atoms with E-state index in [0.29, 0.717) is 13.2 Å². The van der Waals surface area contributed by atoms with Crippen LogP contribution in [0.5, 0.6) is 0 Å². The van der Waals surface area contributed by atoms with Gasteiger partial charge in [0, 0.05) is 0 Å². The highest BCUT2D eigenvalue weighted by Gasteiger charge is 2.41. The molecule has 2 aromatic rings. The van der Waals surface area contributed by atoms with Crippen molar-refractivity contribution in [2.24, 2.45) is 0 Å². The lowest BCUT2D eigenvalue weighted by molar-refractivity contribution is -0.219. The van der Waals surface area contributed by atoms with Gasteiger partial charge in [-0.2, -0.15) is 5.26 Å². The molecule has 26 heavy (non-hydrogen) atoms. The minimum absolute atomic E-state index is 0.354. The summed E-state index contributed by atoms with van der Waals surface area (Å²) in [6.45, 7) is 8.60. The Morgan fingerprint density at radius 3 is 1.65 bits per heavy atom. The Kier molecular flexibility index (Phi) is 7.12. The Morgan fingerprint density at radius 2 is 1.31 bits per heavy atom. The Morgan fingerprint density at radius 1 is 0.885 bits per heavy atom. The van der Waals surface area contributed by atoms with E-state index in [0.717, 1.165) is 11.1 Å². The van der Waals surface area contributed by atoms with Crippen molar-refractivity contribution in [3.05, 3.63) is 71.8 Å². The van der Waals surface area contributed by atoms with E-state index in [1.54, 1.807) is 6.92 Å². The Balaban J connectivity index is 2.14. The van der Waals surface area contributed by atoms with Crippen LogP contribution in [0.3, 0.4) is 0 Å². The molecule has 0 spiro atoms. The lowest BCUT2D eigenvalue weighted by Crippen LogP contribution is -2.50. The fourth-order valence-corrected chi connectivity index (χ4v) is 4.03. The van der Waals surface area contributed by atoms with Crippen molar-refractivity contribution in [3.63, 3.8) is 0 Å². The number of ether oxygens (including phenoxy) is 2. The molecule has 1 atom stereocenters. The molecule has 0 aliphatic rings. The molecule has 1 unspecified atom stereocenters. The van der Waals surface area contributed by atoms with E-state index in [-0.39, 0.29) is 0 Å². The van der Waals surface area contributed by atoms with E-state index in [2.05, 4.69) is 6.07 Å². The van der Waals surface area contributed by atoms with Gasteiger partial charge in [-0.15, -0.1) is 0 Å². The van der Waals surface area contributed by atoms with E-state index >= 15 is 0 Å². The fraction of sp³-hybridized carbons (Fsp3) is 0.381. The van der Waals surface area contributed by atoms with E-state index < -0.39 is 20.2 Å². The normalized spacial score (nSPS) is 14.0. The van der Waals surface area contributed by atoms with Crippen molar-refractivity contribution >= 4 is 8.32 Å². The quantitative estimate of drug-likeness (QED) is 0.467. The first-order valence-electron chi connectivity index (χ1n) is 8.75. The molecule has 0 saturated carbocycles. The third kappa shape index (κ3) is 6.39. The molecular weight excluding hydrogens is 342 g/mol. The van der Waals surface area contributed by atoms with Crippen LogP contribution in [-0.4, -0.2) is 20.2 Å². The summed E-state index contributed by atoms with van der Waals surface area (Å²) < 4.78 is 18.1. The maximum Gasteiger partial charge on any atom is 0.199 e. The molecule has 0 bridgehead atoms. The van der Waals surface area contributed by atoms with E-state index in [1.165, 1.54) is 0 Å². The average molecular weight is 370 g/mol. The first-order valence-corrected chi connectivity index (χ1v) is 12.2. The monoisotopic (exact) mass is 369 g/mol. The van der Waals surface area contributed by atoms with E-state index in [4.69, 9.17) is 13.9 Å². The molecule has 0 N–H and O–H groups in total. The molecule has 0 heterocycles. The maximum absolute atomic E-state index is 9.80. The van der Waals surface area contributed by atoms with Gasteiger partial charge in [0.2, 0.25) is 0 Å². The van der Waals surface area contributed by atoms with E-state index in [9.17, 15) is 5.26 Å². The molecule has 2 aromatic carbocycles. The fourth-order valence-electron chi connectivity index (χ4n) is 2.62. The number of rotatable bonds is 9. The first-order chi connectivity index (χ1) is 12.3. The number of hydrogen-bond acceptors (Lipinski definition) is 4. The Bertz CT molecular complexity index is 666. The van der Waals surface area contributed by atoms with Gasteiger partial charge in [-0.25, -0.2) is 0 Å². The van der Waals surface area contributed by atoms with Crippen molar-refractivity contribution in [3.8, 4) is 6.07 Å². The summed E-state index contributed by atoms with van der Waals surface area (Å²) in [5, 5.41) is 9.80. The summed E-state index contributed by atoms with van der Waals surface area (Å²) in [6, 6.07) is 22.0. The third-order valence-corrected chi connectivity index (χ3v) is 4.71. The molecule has 0 amide bonds. The molecule has 0 fully saturated rings. The minimum Gasteiger partial charge on any atom is -0.396 e. The van der Waals surface area contributed by atoms with Crippen LogP contribution < -0.4 is 0 Å². The second kappa shape index (κ2) is 9.11. The van der Waals surface area contributed by atoms with Crippen LogP contribution in [0, 0.1) is 11.3 Å². The average Bonchev–Trinajstić information content (AvgIpc) is 2.62. The summed E-state index contributed by atoms with van der Waals surface area (Å²) in [5.74, 6) is 0. The molecule has 5 heteroatoms. The molecular formula is C21H27NO3Si. The standard InChI is InChI=1S/C21H27NO3Si/c1-21(17-22,25-26(2,3)4)20(23-15-18-11-7-5-8-12-18)24-16-19-13-9-6-10-14-19/h5-14,20H,15-16H2,1-4H3. The van der Waals surface area contributed by atoms with Crippen LogP contribution in [0.15, 0.2) is 60.7 Å². The number of nitriles is 1. The van der Waals surface area contributed by atoms with Crippen LogP contribution in [0.2, 0.25) is 19.6 Å². The third-order valence-electron chi connectivity index (χ3n) is 3.68. The lowest BCUT2D eigenvalue weighted by Gasteiger charge is -2.36. The van der Waals surface area contributed by atoms with Gasteiger partial charge < -0.3 is 13.9 Å². The smallest absolute Gasteiger partial charge is 0.199 e. The summed E-state index contributed by atoms with van der Waals surface area (Å²) in [5.41, 5.74) is 0.872.